The first-order valence-corrected chi connectivity index (χ1v) is 10.5. The molecular weight excluding hydrogens is 564 g/mol. The molecule has 0 aliphatic heterocycles. The molecule has 0 radical (unpaired) electrons. The summed E-state index contributed by atoms with van der Waals surface area (Å²) in [6.45, 7) is -0.878. The molecule has 1 unspecified atom stereocenters. The highest BCUT2D eigenvalue weighted by molar-refractivity contribution is 5.99. The molecule has 2 aromatic rings. The van der Waals surface area contributed by atoms with Gasteiger partial charge in [0.25, 0.3) is 5.91 Å². The second-order valence-electron chi connectivity index (χ2n) is 7.97. The molecule has 0 bridgehead atoms. The van der Waals surface area contributed by atoms with Crippen molar-refractivity contribution in [1.29, 1.82) is 0 Å². The third kappa shape index (κ3) is 8.38. The lowest BCUT2D eigenvalue weighted by Gasteiger charge is -2.19. The zero-order valence-electron chi connectivity index (χ0n) is 19.3. The summed E-state index contributed by atoms with van der Waals surface area (Å²) in [6.07, 6.45) is -14.7. The molecule has 2 aromatic carbocycles. The van der Waals surface area contributed by atoms with E-state index in [-0.39, 0.29) is 18.2 Å². The molecule has 2 N–H and O–H groups in total. The third-order valence-electron chi connectivity index (χ3n) is 5.03. The summed E-state index contributed by atoms with van der Waals surface area (Å²) in [4.78, 5) is 24.0. The average Bonchev–Trinajstić information content (AvgIpc) is 2.80. The number of carbonyl (C=O) groups excluding carboxylic acids is 2. The first-order valence-electron chi connectivity index (χ1n) is 10.5. The van der Waals surface area contributed by atoms with Gasteiger partial charge in [0, 0.05) is 5.56 Å². The number of allylic oxidation sites excluding steroid dienone is 1. The fourth-order valence-corrected chi connectivity index (χ4v) is 3.16. The predicted octanol–water partition coefficient (Wildman–Crippen LogP) is 6.28. The van der Waals surface area contributed by atoms with E-state index in [4.69, 9.17) is 0 Å². The number of carbonyl (C=O) groups is 2. The van der Waals surface area contributed by atoms with Crippen LogP contribution in [0, 0.1) is 17.5 Å². The molecule has 4 nitrogen and oxygen atoms in total. The van der Waals surface area contributed by atoms with Crippen LogP contribution in [-0.4, -0.2) is 36.8 Å². The van der Waals surface area contributed by atoms with E-state index in [0.717, 1.165) is 13.0 Å². The minimum absolute atomic E-state index is 0.193. The Hall–Kier alpha value is -3.72. The van der Waals surface area contributed by atoms with Crippen LogP contribution in [0.15, 0.2) is 36.4 Å². The van der Waals surface area contributed by atoms with Crippen molar-refractivity contribution in [3.63, 3.8) is 0 Å². The number of hydrogen-bond donors (Lipinski definition) is 2. The van der Waals surface area contributed by atoms with E-state index in [2.05, 4.69) is 0 Å². The molecule has 0 spiro atoms. The zero-order valence-corrected chi connectivity index (χ0v) is 19.3. The van der Waals surface area contributed by atoms with Gasteiger partial charge in [-0.2, -0.15) is 39.5 Å². The van der Waals surface area contributed by atoms with E-state index in [1.165, 1.54) is 5.32 Å². The van der Waals surface area contributed by atoms with Crippen LogP contribution in [-0.2, 0) is 11.0 Å². The molecule has 0 heterocycles. The third-order valence-corrected chi connectivity index (χ3v) is 5.03. The minimum atomic E-state index is -5.28. The van der Waals surface area contributed by atoms with Crippen LogP contribution in [0.5, 0.6) is 0 Å². The van der Waals surface area contributed by atoms with Gasteiger partial charge in [0.1, 0.15) is 18.5 Å². The van der Waals surface area contributed by atoms with E-state index >= 15 is 0 Å². The Bertz CT molecular complexity index is 1250. The molecule has 0 aliphatic carbocycles. The Morgan fingerprint density at radius 3 is 2.05 bits per heavy atom. The number of benzene rings is 2. The molecule has 39 heavy (non-hydrogen) atoms. The number of nitrogens with one attached hydrogen (secondary N) is 2. The Balaban J connectivity index is 2.38. The van der Waals surface area contributed by atoms with Crippen LogP contribution < -0.4 is 10.6 Å². The van der Waals surface area contributed by atoms with Gasteiger partial charge in [0.2, 0.25) is 5.91 Å². The van der Waals surface area contributed by atoms with Crippen LogP contribution in [0.2, 0.25) is 0 Å². The van der Waals surface area contributed by atoms with Gasteiger partial charge in [0.05, 0.1) is 11.1 Å². The first kappa shape index (κ1) is 31.5. The maximum Gasteiger partial charge on any atom is 0.417 e. The number of halogens is 12. The fourth-order valence-electron chi connectivity index (χ4n) is 3.16. The van der Waals surface area contributed by atoms with E-state index in [9.17, 15) is 62.3 Å². The van der Waals surface area contributed by atoms with Gasteiger partial charge in [-0.15, -0.1) is 0 Å². The van der Waals surface area contributed by atoms with E-state index in [0.29, 0.717) is 18.2 Å². The first-order chi connectivity index (χ1) is 17.7. The summed E-state index contributed by atoms with van der Waals surface area (Å²) < 4.78 is 159. The van der Waals surface area contributed by atoms with Crippen LogP contribution in [0.3, 0.4) is 0 Å². The lowest BCUT2D eigenvalue weighted by atomic mass is 9.95. The van der Waals surface area contributed by atoms with Crippen molar-refractivity contribution < 1.29 is 62.3 Å². The van der Waals surface area contributed by atoms with Crippen LogP contribution in [0.25, 0.3) is 6.08 Å². The normalized spacial score (nSPS) is 14.3. The van der Waals surface area contributed by atoms with Crippen LogP contribution in [0.1, 0.15) is 39.9 Å². The fraction of sp³-hybridized carbons (Fsp3) is 0.304. The highest BCUT2D eigenvalue weighted by Crippen LogP contribution is 2.39. The van der Waals surface area contributed by atoms with Crippen LogP contribution in [0.4, 0.5) is 52.7 Å². The van der Waals surface area contributed by atoms with Crippen molar-refractivity contribution in [1.82, 2.24) is 10.6 Å². The molecule has 0 aromatic heterocycles. The molecular formula is C23H16F12N2O2. The summed E-state index contributed by atoms with van der Waals surface area (Å²) in [5, 5.41) is 3.20. The SMILES string of the molecule is C[C@@H](NC(=O)c1ccc(/C=C/C(c2ccc(F)c(F)c2F)C(F)(F)F)cc1C(F)(F)F)C(=O)NCC(F)(F)F. The van der Waals surface area contributed by atoms with E-state index in [1.54, 1.807) is 5.32 Å². The minimum Gasteiger partial charge on any atom is -0.345 e. The standard InChI is InChI=1S/C23H16F12N2O2/c1-10(19(38)36-9-21(27,28)29)37-20(39)13-4-2-11(8-15(13)23(33,34)35)3-6-14(22(30,31)32)12-5-7-16(24)18(26)17(12)25/h2-8,10,14H,9H2,1H3,(H,36,38)(H,37,39)/b6-3+/t10-,14?/m1/s1. The van der Waals surface area contributed by atoms with Gasteiger partial charge < -0.3 is 10.6 Å². The molecule has 16 heteroatoms. The molecule has 0 aliphatic rings. The number of hydrogen-bond acceptors (Lipinski definition) is 2. The topological polar surface area (TPSA) is 58.2 Å². The summed E-state index contributed by atoms with van der Waals surface area (Å²) in [6, 6.07) is 0.369. The molecule has 0 fully saturated rings. The maximum atomic E-state index is 14.0. The lowest BCUT2D eigenvalue weighted by Crippen LogP contribution is -2.47. The van der Waals surface area contributed by atoms with Crippen molar-refractivity contribution in [2.75, 3.05) is 6.54 Å². The molecule has 214 valence electrons. The zero-order chi connectivity index (χ0) is 29.9. The molecule has 0 saturated heterocycles. The Labute approximate surface area is 211 Å². The number of amides is 2. The monoisotopic (exact) mass is 580 g/mol. The summed E-state index contributed by atoms with van der Waals surface area (Å²) >= 11 is 0. The van der Waals surface area contributed by atoms with Crippen LogP contribution >= 0.6 is 0 Å². The van der Waals surface area contributed by atoms with Gasteiger partial charge in [-0.25, -0.2) is 13.2 Å². The van der Waals surface area contributed by atoms with Crippen molar-refractivity contribution in [2.45, 2.75) is 37.4 Å². The highest BCUT2D eigenvalue weighted by Gasteiger charge is 2.41. The molecule has 2 atom stereocenters. The van der Waals surface area contributed by atoms with E-state index in [1.807, 2.05) is 0 Å². The Morgan fingerprint density at radius 1 is 0.897 bits per heavy atom. The number of rotatable bonds is 7. The summed E-state index contributed by atoms with van der Waals surface area (Å²) in [5.74, 6) is -11.9. The molecule has 0 saturated carbocycles. The molecule has 2 amide bonds. The second-order valence-corrected chi connectivity index (χ2v) is 7.97. The van der Waals surface area contributed by atoms with Crippen molar-refractivity contribution in [3.05, 3.63) is 76.1 Å². The predicted molar refractivity (Wildman–Crippen MR) is 112 cm³/mol. The largest absolute Gasteiger partial charge is 0.417 e. The lowest BCUT2D eigenvalue weighted by molar-refractivity contribution is -0.140. The smallest absolute Gasteiger partial charge is 0.345 e. The number of alkyl halides is 9. The highest BCUT2D eigenvalue weighted by atomic mass is 19.4. The quantitative estimate of drug-likeness (QED) is 0.300. The van der Waals surface area contributed by atoms with Gasteiger partial charge in [-0.3, -0.25) is 9.59 Å². The molecule has 2 rings (SSSR count). The van der Waals surface area contributed by atoms with Gasteiger partial charge in [0.15, 0.2) is 17.5 Å². The maximum absolute atomic E-state index is 14.0. The average molecular weight is 580 g/mol. The Morgan fingerprint density at radius 2 is 1.51 bits per heavy atom. The van der Waals surface area contributed by atoms with E-state index < -0.39 is 88.6 Å². The summed E-state index contributed by atoms with van der Waals surface area (Å²) in [5.41, 5.74) is -4.73. The van der Waals surface area contributed by atoms with Gasteiger partial charge in [-0.05, 0) is 30.7 Å². The van der Waals surface area contributed by atoms with Crippen molar-refractivity contribution in [2.24, 2.45) is 0 Å². The van der Waals surface area contributed by atoms with Gasteiger partial charge >= 0.3 is 18.5 Å². The second kappa shape index (κ2) is 11.6. The van der Waals surface area contributed by atoms with Crippen molar-refractivity contribution >= 4 is 17.9 Å². The van der Waals surface area contributed by atoms with Gasteiger partial charge in [-0.1, -0.05) is 24.3 Å². The Kier molecular flexibility index (Phi) is 9.35. The van der Waals surface area contributed by atoms with Crippen molar-refractivity contribution in [3.8, 4) is 0 Å². The summed E-state index contributed by atoms with van der Waals surface area (Å²) in [7, 11) is 0.